The number of para-hydroxylation sites is 1. The number of aromatic nitrogens is 2. The quantitative estimate of drug-likeness (QED) is 0.739. The summed E-state index contributed by atoms with van der Waals surface area (Å²) in [6.07, 6.45) is 1.72. The maximum atomic E-state index is 12.4. The fourth-order valence-electron chi connectivity index (χ4n) is 2.19. The molecular formula is C17H15N3O. The molecule has 0 spiro atoms. The molecule has 0 bridgehead atoms. The van der Waals surface area contributed by atoms with Gasteiger partial charge >= 0.3 is 0 Å². The zero-order valence-electron chi connectivity index (χ0n) is 11.7. The fourth-order valence-corrected chi connectivity index (χ4v) is 2.19. The summed E-state index contributed by atoms with van der Waals surface area (Å²) in [6, 6.07) is 17.1. The van der Waals surface area contributed by atoms with Crippen LogP contribution >= 0.6 is 0 Å². The Morgan fingerprint density at radius 2 is 1.86 bits per heavy atom. The van der Waals surface area contributed by atoms with Crippen LogP contribution in [0.3, 0.4) is 0 Å². The maximum absolute atomic E-state index is 12.4. The molecule has 0 saturated carbocycles. The van der Waals surface area contributed by atoms with Crippen molar-refractivity contribution in [2.45, 2.75) is 6.54 Å². The number of pyridine rings is 2. The minimum atomic E-state index is -0.105. The molecule has 0 N–H and O–H groups in total. The maximum Gasteiger partial charge on any atom is 0.272 e. The molecular weight excluding hydrogens is 262 g/mol. The Morgan fingerprint density at radius 1 is 1.05 bits per heavy atom. The highest BCUT2D eigenvalue weighted by Gasteiger charge is 2.14. The Labute approximate surface area is 123 Å². The van der Waals surface area contributed by atoms with E-state index in [0.717, 1.165) is 16.6 Å². The number of amides is 1. The standard InChI is InChI=1S/C17H15N3O/c1-20(12-14-7-4-5-11-18-14)17(21)16-10-9-13-6-2-3-8-15(13)19-16/h2-11H,12H2,1H3. The van der Waals surface area contributed by atoms with Gasteiger partial charge in [-0.1, -0.05) is 30.3 Å². The van der Waals surface area contributed by atoms with Crippen LogP contribution in [0, 0.1) is 0 Å². The molecule has 1 amide bonds. The van der Waals surface area contributed by atoms with Gasteiger partial charge in [0.15, 0.2) is 0 Å². The van der Waals surface area contributed by atoms with Gasteiger partial charge in [0.2, 0.25) is 0 Å². The van der Waals surface area contributed by atoms with E-state index < -0.39 is 0 Å². The molecule has 0 aliphatic carbocycles. The largest absolute Gasteiger partial charge is 0.334 e. The van der Waals surface area contributed by atoms with E-state index in [0.29, 0.717) is 12.2 Å². The molecule has 0 fully saturated rings. The molecule has 2 heterocycles. The third-order valence-corrected chi connectivity index (χ3v) is 3.29. The fraction of sp³-hybridized carbons (Fsp3) is 0.118. The molecule has 21 heavy (non-hydrogen) atoms. The van der Waals surface area contributed by atoms with Gasteiger partial charge in [0.1, 0.15) is 5.69 Å². The summed E-state index contributed by atoms with van der Waals surface area (Å²) in [4.78, 5) is 22.7. The lowest BCUT2D eigenvalue weighted by atomic mass is 10.2. The van der Waals surface area contributed by atoms with Gasteiger partial charge in [-0.3, -0.25) is 9.78 Å². The van der Waals surface area contributed by atoms with Gasteiger partial charge in [-0.15, -0.1) is 0 Å². The molecule has 3 rings (SSSR count). The normalized spacial score (nSPS) is 10.5. The molecule has 4 nitrogen and oxygen atoms in total. The van der Waals surface area contributed by atoms with Gasteiger partial charge in [0.05, 0.1) is 17.8 Å². The number of hydrogen-bond donors (Lipinski definition) is 0. The van der Waals surface area contributed by atoms with Crippen LogP contribution in [0.2, 0.25) is 0 Å². The first-order valence-electron chi connectivity index (χ1n) is 6.75. The van der Waals surface area contributed by atoms with E-state index in [9.17, 15) is 4.79 Å². The van der Waals surface area contributed by atoms with Crippen LogP contribution in [0.15, 0.2) is 60.8 Å². The Balaban J connectivity index is 1.82. The Hall–Kier alpha value is -2.75. The summed E-state index contributed by atoms with van der Waals surface area (Å²) in [7, 11) is 1.76. The lowest BCUT2D eigenvalue weighted by molar-refractivity contribution is 0.0778. The summed E-state index contributed by atoms with van der Waals surface area (Å²) in [5, 5.41) is 1.03. The van der Waals surface area contributed by atoms with Crippen molar-refractivity contribution in [1.82, 2.24) is 14.9 Å². The minimum absolute atomic E-state index is 0.105. The van der Waals surface area contributed by atoms with Crippen molar-refractivity contribution in [2.24, 2.45) is 0 Å². The lowest BCUT2D eigenvalue weighted by Gasteiger charge is -2.16. The number of benzene rings is 1. The van der Waals surface area contributed by atoms with Gasteiger partial charge in [-0.05, 0) is 24.3 Å². The molecule has 2 aromatic heterocycles. The number of carbonyl (C=O) groups is 1. The van der Waals surface area contributed by atoms with E-state index in [1.165, 1.54) is 0 Å². The van der Waals surface area contributed by atoms with Gasteiger partial charge < -0.3 is 4.90 Å². The molecule has 0 aliphatic rings. The molecule has 0 atom stereocenters. The number of carbonyl (C=O) groups excluding carboxylic acids is 1. The first-order chi connectivity index (χ1) is 10.2. The van der Waals surface area contributed by atoms with Crippen molar-refractivity contribution in [3.05, 3.63) is 72.2 Å². The monoisotopic (exact) mass is 277 g/mol. The van der Waals surface area contributed by atoms with Crippen molar-refractivity contribution in [3.63, 3.8) is 0 Å². The van der Waals surface area contributed by atoms with Gasteiger partial charge in [-0.2, -0.15) is 0 Å². The summed E-state index contributed by atoms with van der Waals surface area (Å²) in [5.74, 6) is -0.105. The van der Waals surface area contributed by atoms with Crippen LogP contribution in [0.25, 0.3) is 10.9 Å². The zero-order valence-corrected chi connectivity index (χ0v) is 11.7. The van der Waals surface area contributed by atoms with Crippen LogP contribution in [0.4, 0.5) is 0 Å². The molecule has 4 heteroatoms. The van der Waals surface area contributed by atoms with Crippen LogP contribution in [0.5, 0.6) is 0 Å². The molecule has 104 valence electrons. The van der Waals surface area contributed by atoms with Crippen LogP contribution in [0.1, 0.15) is 16.2 Å². The number of fused-ring (bicyclic) bond motifs is 1. The van der Waals surface area contributed by atoms with E-state index in [1.807, 2.05) is 48.5 Å². The van der Waals surface area contributed by atoms with E-state index in [1.54, 1.807) is 24.2 Å². The molecule has 1 aromatic carbocycles. The Bertz CT molecular complexity index is 771. The second kappa shape index (κ2) is 5.71. The predicted octanol–water partition coefficient (Wildman–Crippen LogP) is 2.90. The third kappa shape index (κ3) is 2.89. The molecule has 0 unspecified atom stereocenters. The predicted molar refractivity (Wildman–Crippen MR) is 81.8 cm³/mol. The second-order valence-corrected chi connectivity index (χ2v) is 4.87. The first kappa shape index (κ1) is 13.2. The van der Waals surface area contributed by atoms with Crippen molar-refractivity contribution in [3.8, 4) is 0 Å². The average molecular weight is 277 g/mol. The Kier molecular flexibility index (Phi) is 3.60. The molecule has 0 saturated heterocycles. The van der Waals surface area contributed by atoms with Crippen molar-refractivity contribution in [2.75, 3.05) is 7.05 Å². The molecule has 0 radical (unpaired) electrons. The van der Waals surface area contributed by atoms with Crippen molar-refractivity contribution in [1.29, 1.82) is 0 Å². The SMILES string of the molecule is CN(Cc1ccccn1)C(=O)c1ccc2ccccc2n1. The summed E-state index contributed by atoms with van der Waals surface area (Å²) in [6.45, 7) is 0.466. The number of rotatable bonds is 3. The average Bonchev–Trinajstić information content (AvgIpc) is 2.54. The van der Waals surface area contributed by atoms with Gasteiger partial charge in [-0.25, -0.2) is 4.98 Å². The Morgan fingerprint density at radius 3 is 2.67 bits per heavy atom. The van der Waals surface area contributed by atoms with E-state index in [-0.39, 0.29) is 5.91 Å². The smallest absolute Gasteiger partial charge is 0.272 e. The van der Waals surface area contributed by atoms with Gasteiger partial charge in [0.25, 0.3) is 5.91 Å². The highest BCUT2D eigenvalue weighted by atomic mass is 16.2. The van der Waals surface area contributed by atoms with Crippen molar-refractivity contribution < 1.29 is 4.79 Å². The highest BCUT2D eigenvalue weighted by Crippen LogP contribution is 2.13. The topological polar surface area (TPSA) is 46.1 Å². The van der Waals surface area contributed by atoms with Crippen LogP contribution in [-0.4, -0.2) is 27.8 Å². The second-order valence-electron chi connectivity index (χ2n) is 4.87. The molecule has 0 aliphatic heterocycles. The number of hydrogen-bond acceptors (Lipinski definition) is 3. The van der Waals surface area contributed by atoms with Gasteiger partial charge in [0, 0.05) is 18.6 Å². The van der Waals surface area contributed by atoms with E-state index in [4.69, 9.17) is 0 Å². The van der Waals surface area contributed by atoms with Crippen LogP contribution < -0.4 is 0 Å². The highest BCUT2D eigenvalue weighted by molar-refractivity contribution is 5.94. The zero-order chi connectivity index (χ0) is 14.7. The lowest BCUT2D eigenvalue weighted by Crippen LogP contribution is -2.27. The molecule has 3 aromatic rings. The van der Waals surface area contributed by atoms with E-state index in [2.05, 4.69) is 9.97 Å². The van der Waals surface area contributed by atoms with Crippen LogP contribution in [-0.2, 0) is 6.54 Å². The van der Waals surface area contributed by atoms with Crippen molar-refractivity contribution >= 4 is 16.8 Å². The third-order valence-electron chi connectivity index (χ3n) is 3.29. The summed E-state index contributed by atoms with van der Waals surface area (Å²) >= 11 is 0. The number of nitrogens with zero attached hydrogens (tertiary/aromatic N) is 3. The van der Waals surface area contributed by atoms with E-state index >= 15 is 0 Å². The summed E-state index contributed by atoms with van der Waals surface area (Å²) < 4.78 is 0. The first-order valence-corrected chi connectivity index (χ1v) is 6.75. The summed E-state index contributed by atoms with van der Waals surface area (Å²) in [5.41, 5.74) is 2.14. The minimum Gasteiger partial charge on any atom is -0.334 e.